The van der Waals surface area contributed by atoms with Crippen LogP contribution in [0.15, 0.2) is 24.3 Å². The lowest BCUT2D eigenvalue weighted by molar-refractivity contribution is -0.167. The first-order chi connectivity index (χ1) is 40.5. The molecular formula is C76H144O6. The van der Waals surface area contributed by atoms with E-state index in [9.17, 15) is 14.4 Å². The Morgan fingerprint density at radius 3 is 0.610 bits per heavy atom. The number of unbranched alkanes of at least 4 members (excludes halogenated alkanes) is 55. The molecule has 0 fully saturated rings. The van der Waals surface area contributed by atoms with Crippen LogP contribution in [0.2, 0.25) is 0 Å². The molecule has 1 atom stereocenters. The summed E-state index contributed by atoms with van der Waals surface area (Å²) in [5, 5.41) is 0. The zero-order valence-corrected chi connectivity index (χ0v) is 55.8. The summed E-state index contributed by atoms with van der Waals surface area (Å²) in [7, 11) is 0. The van der Waals surface area contributed by atoms with Crippen molar-refractivity contribution in [3.63, 3.8) is 0 Å². The molecule has 0 saturated carbocycles. The Kier molecular flexibility index (Phi) is 69.5. The van der Waals surface area contributed by atoms with Gasteiger partial charge in [0.15, 0.2) is 6.10 Å². The second kappa shape index (κ2) is 71.4. The minimum atomic E-state index is -0.772. The van der Waals surface area contributed by atoms with Gasteiger partial charge in [-0.25, -0.2) is 0 Å². The van der Waals surface area contributed by atoms with Gasteiger partial charge in [0.05, 0.1) is 0 Å². The van der Waals surface area contributed by atoms with Crippen LogP contribution in [0.5, 0.6) is 0 Å². The van der Waals surface area contributed by atoms with Crippen molar-refractivity contribution in [3.05, 3.63) is 24.3 Å². The van der Waals surface area contributed by atoms with E-state index in [1.165, 1.54) is 327 Å². The van der Waals surface area contributed by atoms with Gasteiger partial charge in [0, 0.05) is 19.3 Å². The van der Waals surface area contributed by atoms with E-state index in [4.69, 9.17) is 14.2 Å². The zero-order chi connectivity index (χ0) is 59.2. The Labute approximate surface area is 513 Å². The van der Waals surface area contributed by atoms with Crippen LogP contribution in [0.25, 0.3) is 0 Å². The van der Waals surface area contributed by atoms with E-state index in [2.05, 4.69) is 45.1 Å². The summed E-state index contributed by atoms with van der Waals surface area (Å²) < 4.78 is 17.0. The third-order valence-electron chi connectivity index (χ3n) is 17.2. The van der Waals surface area contributed by atoms with Crippen LogP contribution in [-0.4, -0.2) is 37.2 Å². The van der Waals surface area contributed by atoms with Crippen molar-refractivity contribution in [1.29, 1.82) is 0 Å². The van der Waals surface area contributed by atoms with Crippen LogP contribution in [0.1, 0.15) is 425 Å². The maximum Gasteiger partial charge on any atom is 0.306 e. The number of allylic oxidation sites excluding steroid dienone is 4. The lowest BCUT2D eigenvalue weighted by atomic mass is 10.0. The first-order valence-electron chi connectivity index (χ1n) is 37.3. The highest BCUT2D eigenvalue weighted by Gasteiger charge is 2.20. The standard InChI is InChI=1S/C76H144O6/c1-4-7-10-13-16-19-22-25-28-31-34-35-36-37-38-39-40-43-45-48-51-54-57-60-63-66-69-75(78)81-72-73(82-76(79)70-67-64-61-58-55-52-49-46-42-33-30-27-24-21-18-15-12-9-6-3)71-80-74(77)68-65-62-59-56-53-50-47-44-41-32-29-26-23-20-17-14-11-8-5-2/h26-27,29-30,73H,4-25,28,31-72H2,1-3H3/b29-26-,30-27-. The second-order valence-corrected chi connectivity index (χ2v) is 25.6. The highest BCUT2D eigenvalue weighted by atomic mass is 16.6. The zero-order valence-electron chi connectivity index (χ0n) is 55.8. The summed E-state index contributed by atoms with van der Waals surface area (Å²) in [6.07, 6.45) is 87.9. The van der Waals surface area contributed by atoms with Crippen molar-refractivity contribution in [2.45, 2.75) is 431 Å². The third-order valence-corrected chi connectivity index (χ3v) is 17.2. The smallest absolute Gasteiger partial charge is 0.306 e. The van der Waals surface area contributed by atoms with Crippen molar-refractivity contribution in [2.24, 2.45) is 0 Å². The number of hydrogen-bond donors (Lipinski definition) is 0. The van der Waals surface area contributed by atoms with Gasteiger partial charge in [-0.2, -0.15) is 0 Å². The lowest BCUT2D eigenvalue weighted by Gasteiger charge is -2.18. The fourth-order valence-electron chi connectivity index (χ4n) is 11.6. The van der Waals surface area contributed by atoms with Crippen LogP contribution in [0.3, 0.4) is 0 Å². The summed E-state index contributed by atoms with van der Waals surface area (Å²) in [5.74, 6) is -0.836. The third kappa shape index (κ3) is 68.7. The second-order valence-electron chi connectivity index (χ2n) is 25.6. The highest BCUT2D eigenvalue weighted by molar-refractivity contribution is 5.71. The molecule has 0 bridgehead atoms. The molecule has 0 amide bonds. The topological polar surface area (TPSA) is 78.9 Å². The van der Waals surface area contributed by atoms with Gasteiger partial charge in [-0.15, -0.1) is 0 Å². The monoisotopic (exact) mass is 1150 g/mol. The van der Waals surface area contributed by atoms with E-state index in [0.29, 0.717) is 19.3 Å². The predicted molar refractivity (Wildman–Crippen MR) is 358 cm³/mol. The van der Waals surface area contributed by atoms with Gasteiger partial charge in [-0.1, -0.05) is 360 Å². The van der Waals surface area contributed by atoms with Crippen LogP contribution in [-0.2, 0) is 28.6 Å². The minimum absolute atomic E-state index is 0.0667. The molecule has 6 nitrogen and oxygen atoms in total. The number of hydrogen-bond acceptors (Lipinski definition) is 6. The molecule has 0 N–H and O–H groups in total. The van der Waals surface area contributed by atoms with Gasteiger partial charge in [0.1, 0.15) is 13.2 Å². The van der Waals surface area contributed by atoms with Crippen molar-refractivity contribution < 1.29 is 28.6 Å². The van der Waals surface area contributed by atoms with Crippen LogP contribution < -0.4 is 0 Å². The Bertz CT molecular complexity index is 1320. The summed E-state index contributed by atoms with van der Waals surface area (Å²) >= 11 is 0. The molecule has 82 heavy (non-hydrogen) atoms. The van der Waals surface area contributed by atoms with E-state index in [-0.39, 0.29) is 31.1 Å². The molecular weight excluding hydrogens is 1010 g/mol. The largest absolute Gasteiger partial charge is 0.462 e. The van der Waals surface area contributed by atoms with Gasteiger partial charge in [-0.3, -0.25) is 14.4 Å². The Morgan fingerprint density at radius 2 is 0.402 bits per heavy atom. The van der Waals surface area contributed by atoms with E-state index in [0.717, 1.165) is 57.8 Å². The highest BCUT2D eigenvalue weighted by Crippen LogP contribution is 2.19. The molecule has 0 radical (unpaired) electrons. The summed E-state index contributed by atoms with van der Waals surface area (Å²) in [6, 6.07) is 0. The molecule has 0 aromatic rings. The number of carbonyl (C=O) groups is 3. The van der Waals surface area contributed by atoms with E-state index < -0.39 is 6.10 Å². The molecule has 0 aliphatic carbocycles. The van der Waals surface area contributed by atoms with E-state index in [1.54, 1.807) is 0 Å². The van der Waals surface area contributed by atoms with Crippen LogP contribution >= 0.6 is 0 Å². The minimum Gasteiger partial charge on any atom is -0.462 e. The molecule has 0 aliphatic heterocycles. The van der Waals surface area contributed by atoms with Crippen molar-refractivity contribution in [2.75, 3.05) is 13.2 Å². The molecule has 0 saturated heterocycles. The maximum absolute atomic E-state index is 13.0. The SMILES string of the molecule is CCCCCCCC/C=C\CCCCCCCCCCCC(=O)OCC(COC(=O)CCCCCCCCCCCCCCCCCCCCCCCCCCCC)OC(=O)CCCCCCCCCCC/C=C\CCCCCCCC. The Hall–Kier alpha value is -2.11. The number of ether oxygens (including phenoxy) is 3. The number of carbonyl (C=O) groups excluding carboxylic acids is 3. The molecule has 0 spiro atoms. The van der Waals surface area contributed by atoms with Gasteiger partial charge in [0.2, 0.25) is 0 Å². The first-order valence-corrected chi connectivity index (χ1v) is 37.3. The molecule has 484 valence electrons. The molecule has 1 unspecified atom stereocenters. The number of esters is 3. The molecule has 0 heterocycles. The number of rotatable bonds is 70. The van der Waals surface area contributed by atoms with E-state index >= 15 is 0 Å². The van der Waals surface area contributed by atoms with Crippen LogP contribution in [0, 0.1) is 0 Å². The molecule has 0 aromatic carbocycles. The first kappa shape index (κ1) is 79.9. The fourth-order valence-corrected chi connectivity index (χ4v) is 11.6. The maximum atomic E-state index is 13.0. The Balaban J connectivity index is 4.26. The quantitative estimate of drug-likeness (QED) is 0.0261. The Morgan fingerprint density at radius 1 is 0.232 bits per heavy atom. The van der Waals surface area contributed by atoms with Gasteiger partial charge >= 0.3 is 17.9 Å². The van der Waals surface area contributed by atoms with Gasteiger partial charge < -0.3 is 14.2 Å². The van der Waals surface area contributed by atoms with E-state index in [1.807, 2.05) is 0 Å². The fraction of sp³-hybridized carbons (Fsp3) is 0.908. The normalized spacial score (nSPS) is 12.1. The van der Waals surface area contributed by atoms with Gasteiger partial charge in [0.25, 0.3) is 0 Å². The molecule has 0 rings (SSSR count). The summed E-state index contributed by atoms with van der Waals surface area (Å²) in [6.45, 7) is 6.72. The van der Waals surface area contributed by atoms with Crippen molar-refractivity contribution in [1.82, 2.24) is 0 Å². The lowest BCUT2D eigenvalue weighted by Crippen LogP contribution is -2.30. The van der Waals surface area contributed by atoms with Gasteiger partial charge in [-0.05, 0) is 70.6 Å². The van der Waals surface area contributed by atoms with Crippen molar-refractivity contribution in [3.8, 4) is 0 Å². The predicted octanol–water partition coefficient (Wildman–Crippen LogP) is 25.7. The van der Waals surface area contributed by atoms with Crippen molar-refractivity contribution >= 4 is 17.9 Å². The molecule has 0 aromatic heterocycles. The average Bonchev–Trinajstić information content (AvgIpc) is 3.47. The summed E-state index contributed by atoms with van der Waals surface area (Å²) in [5.41, 5.74) is 0. The summed E-state index contributed by atoms with van der Waals surface area (Å²) in [4.78, 5) is 38.5. The average molecular weight is 1150 g/mol. The molecule has 6 heteroatoms. The molecule has 0 aliphatic rings. The van der Waals surface area contributed by atoms with Crippen LogP contribution in [0.4, 0.5) is 0 Å².